The van der Waals surface area contributed by atoms with Crippen molar-refractivity contribution >= 4 is 22.9 Å². The number of phenolic OH excluding ortho intramolecular Hbond substituents is 1. The molecule has 2 N–H and O–H groups in total. The Morgan fingerprint density at radius 1 is 1.00 bits per heavy atom. The molecule has 0 aliphatic heterocycles. The van der Waals surface area contributed by atoms with Crippen molar-refractivity contribution in [3.8, 4) is 39.2 Å². The Bertz CT molecular complexity index is 1270. The van der Waals surface area contributed by atoms with Crippen LogP contribution in [0.2, 0.25) is 0 Å². The number of benzene rings is 2. The molecule has 8 nitrogen and oxygen atoms in total. The topological polar surface area (TPSA) is 106 Å². The molecule has 0 saturated heterocycles. The lowest BCUT2D eigenvalue weighted by atomic mass is 10.2. The van der Waals surface area contributed by atoms with E-state index in [9.17, 15) is 9.90 Å². The summed E-state index contributed by atoms with van der Waals surface area (Å²) in [5.74, 6) is 1.50. The summed E-state index contributed by atoms with van der Waals surface area (Å²) in [5.41, 5.74) is 2.59. The second-order valence-corrected chi connectivity index (χ2v) is 7.80. The number of methoxy groups -OCH3 is 2. The van der Waals surface area contributed by atoms with Crippen LogP contribution in [0.4, 0.5) is 5.69 Å². The van der Waals surface area contributed by atoms with E-state index in [4.69, 9.17) is 9.47 Å². The monoisotopic (exact) mass is 448 g/mol. The molecule has 2 aromatic carbocycles. The fourth-order valence-electron chi connectivity index (χ4n) is 3.07. The highest BCUT2D eigenvalue weighted by molar-refractivity contribution is 7.17. The van der Waals surface area contributed by atoms with Crippen LogP contribution in [0, 0.1) is 6.92 Å². The number of thiazole rings is 1. The van der Waals surface area contributed by atoms with Crippen molar-refractivity contribution in [2.45, 2.75) is 6.92 Å². The average Bonchev–Trinajstić information content (AvgIpc) is 3.20. The molecule has 32 heavy (non-hydrogen) atoms. The summed E-state index contributed by atoms with van der Waals surface area (Å²) in [6, 6.07) is 12.2. The number of carbonyl (C=O) groups excluding carboxylic acids is 1. The Balaban J connectivity index is 1.53. The van der Waals surface area contributed by atoms with Crippen molar-refractivity contribution in [3.05, 3.63) is 65.4 Å². The largest absolute Gasteiger partial charge is 0.508 e. The van der Waals surface area contributed by atoms with Gasteiger partial charge in [-0.2, -0.15) is 0 Å². The molecule has 2 heterocycles. The molecule has 0 aliphatic carbocycles. The summed E-state index contributed by atoms with van der Waals surface area (Å²) < 4.78 is 10.6. The number of amides is 1. The highest BCUT2D eigenvalue weighted by atomic mass is 32.1. The van der Waals surface area contributed by atoms with E-state index in [2.05, 4.69) is 20.3 Å². The average molecular weight is 449 g/mol. The second kappa shape index (κ2) is 9.03. The van der Waals surface area contributed by atoms with Gasteiger partial charge in [-0.3, -0.25) is 4.79 Å². The van der Waals surface area contributed by atoms with Gasteiger partial charge in [-0.15, -0.1) is 11.3 Å². The number of anilines is 1. The number of aryl methyl sites for hydroxylation is 1. The van der Waals surface area contributed by atoms with Crippen LogP contribution in [0.25, 0.3) is 22.0 Å². The number of hydrogen-bond acceptors (Lipinski definition) is 8. The van der Waals surface area contributed by atoms with Crippen LogP contribution in [0.3, 0.4) is 0 Å². The Kier molecular flexibility index (Phi) is 6.00. The van der Waals surface area contributed by atoms with Crippen molar-refractivity contribution in [1.29, 1.82) is 0 Å². The van der Waals surface area contributed by atoms with Crippen LogP contribution in [-0.4, -0.2) is 40.2 Å². The van der Waals surface area contributed by atoms with Gasteiger partial charge in [0.1, 0.15) is 15.6 Å². The minimum Gasteiger partial charge on any atom is -0.508 e. The molecular formula is C23H20N4O4S. The number of nitrogens with zero attached hydrogens (tertiary/aromatic N) is 3. The summed E-state index contributed by atoms with van der Waals surface area (Å²) in [6.07, 6.45) is 3.05. The maximum Gasteiger partial charge on any atom is 0.267 e. The maximum atomic E-state index is 12.8. The van der Waals surface area contributed by atoms with Crippen LogP contribution in [-0.2, 0) is 0 Å². The minimum absolute atomic E-state index is 0.134. The molecule has 0 bridgehead atoms. The van der Waals surface area contributed by atoms with Crippen molar-refractivity contribution in [2.24, 2.45) is 0 Å². The van der Waals surface area contributed by atoms with Gasteiger partial charge in [-0.25, -0.2) is 15.0 Å². The van der Waals surface area contributed by atoms with Gasteiger partial charge in [0.05, 0.1) is 38.0 Å². The summed E-state index contributed by atoms with van der Waals surface area (Å²) in [7, 11) is 3.15. The third-order valence-corrected chi connectivity index (χ3v) is 5.85. The summed E-state index contributed by atoms with van der Waals surface area (Å²) in [4.78, 5) is 26.4. The van der Waals surface area contributed by atoms with Gasteiger partial charge in [0.15, 0.2) is 17.3 Å². The Hall–Kier alpha value is -3.98. The predicted octanol–water partition coefficient (Wildman–Crippen LogP) is 4.55. The first-order chi connectivity index (χ1) is 15.5. The molecule has 0 saturated carbocycles. The van der Waals surface area contributed by atoms with Gasteiger partial charge in [0.2, 0.25) is 0 Å². The first kappa shape index (κ1) is 21.3. The molecule has 162 valence electrons. The van der Waals surface area contributed by atoms with E-state index in [1.165, 1.54) is 23.7 Å². The van der Waals surface area contributed by atoms with E-state index in [0.717, 1.165) is 5.56 Å². The van der Waals surface area contributed by atoms with Crippen molar-refractivity contribution in [2.75, 3.05) is 19.5 Å². The fraction of sp³-hybridized carbons (Fsp3) is 0.130. The van der Waals surface area contributed by atoms with Gasteiger partial charge in [-0.1, -0.05) is 12.1 Å². The van der Waals surface area contributed by atoms with Crippen LogP contribution < -0.4 is 14.8 Å². The second-order valence-electron chi connectivity index (χ2n) is 6.80. The third-order valence-electron chi connectivity index (χ3n) is 4.65. The molecule has 0 aliphatic rings. The van der Waals surface area contributed by atoms with Crippen molar-refractivity contribution in [1.82, 2.24) is 15.0 Å². The lowest BCUT2D eigenvalue weighted by Crippen LogP contribution is -2.12. The smallest absolute Gasteiger partial charge is 0.267 e. The number of nitrogens with one attached hydrogen (secondary N) is 1. The number of ether oxygens (including phenoxy) is 2. The summed E-state index contributed by atoms with van der Waals surface area (Å²) in [6.45, 7) is 1.79. The van der Waals surface area contributed by atoms with Gasteiger partial charge in [0, 0.05) is 11.1 Å². The molecule has 0 atom stereocenters. The van der Waals surface area contributed by atoms with E-state index < -0.39 is 0 Å². The maximum absolute atomic E-state index is 12.8. The van der Waals surface area contributed by atoms with Gasteiger partial charge >= 0.3 is 0 Å². The number of aromatic hydroxyl groups is 1. The predicted molar refractivity (Wildman–Crippen MR) is 122 cm³/mol. The van der Waals surface area contributed by atoms with Crippen LogP contribution in [0.1, 0.15) is 15.4 Å². The zero-order valence-corrected chi connectivity index (χ0v) is 18.4. The zero-order chi connectivity index (χ0) is 22.7. The standard InChI is InChI=1S/C23H20N4O4S/c1-13-20(32-23(26-13)15-7-8-18(30-2)19(10-15)31-3)22(29)27-16-11-24-21(25-12-16)14-5-4-6-17(28)9-14/h4-12,28H,1-3H3,(H,27,29). The first-order valence-electron chi connectivity index (χ1n) is 9.61. The van der Waals surface area contributed by atoms with E-state index in [1.54, 1.807) is 51.5 Å². The fourth-order valence-corrected chi connectivity index (χ4v) is 4.03. The minimum atomic E-state index is -0.291. The van der Waals surface area contributed by atoms with Gasteiger partial charge in [0.25, 0.3) is 5.91 Å². The molecule has 0 unspecified atom stereocenters. The van der Waals surface area contributed by atoms with E-state index in [-0.39, 0.29) is 11.7 Å². The summed E-state index contributed by atoms with van der Waals surface area (Å²) >= 11 is 1.29. The Labute approximate surface area is 188 Å². The number of carbonyl (C=O) groups is 1. The molecule has 2 aromatic heterocycles. The third kappa shape index (κ3) is 4.37. The summed E-state index contributed by atoms with van der Waals surface area (Å²) in [5, 5.41) is 13.1. The van der Waals surface area contributed by atoms with Crippen LogP contribution in [0.5, 0.6) is 17.2 Å². The molecule has 0 spiro atoms. The van der Waals surface area contributed by atoms with Crippen molar-refractivity contribution in [3.63, 3.8) is 0 Å². The first-order valence-corrected chi connectivity index (χ1v) is 10.4. The van der Waals surface area contributed by atoms with Gasteiger partial charge in [-0.05, 0) is 37.3 Å². The molecule has 9 heteroatoms. The van der Waals surface area contributed by atoms with Gasteiger partial charge < -0.3 is 19.9 Å². The van der Waals surface area contributed by atoms with Crippen LogP contribution in [0.15, 0.2) is 54.9 Å². The highest BCUT2D eigenvalue weighted by Gasteiger charge is 2.18. The molecule has 4 rings (SSSR count). The van der Waals surface area contributed by atoms with Crippen LogP contribution >= 0.6 is 11.3 Å². The number of hydrogen-bond donors (Lipinski definition) is 2. The number of phenols is 1. The lowest BCUT2D eigenvalue weighted by Gasteiger charge is -2.08. The number of aromatic nitrogens is 3. The normalized spacial score (nSPS) is 10.6. The molecule has 1 amide bonds. The Morgan fingerprint density at radius 2 is 1.75 bits per heavy atom. The Morgan fingerprint density at radius 3 is 2.44 bits per heavy atom. The molecule has 4 aromatic rings. The highest BCUT2D eigenvalue weighted by Crippen LogP contribution is 2.35. The molecule has 0 radical (unpaired) electrons. The zero-order valence-electron chi connectivity index (χ0n) is 17.6. The van der Waals surface area contributed by atoms with E-state index in [0.29, 0.717) is 44.2 Å². The van der Waals surface area contributed by atoms with E-state index in [1.807, 2.05) is 12.1 Å². The number of rotatable bonds is 6. The van der Waals surface area contributed by atoms with Crippen molar-refractivity contribution < 1.29 is 19.4 Å². The SMILES string of the molecule is COc1ccc(-c2nc(C)c(C(=O)Nc3cnc(-c4cccc(O)c4)nc3)s2)cc1OC. The molecule has 0 fully saturated rings. The lowest BCUT2D eigenvalue weighted by molar-refractivity contribution is 0.102. The quantitative estimate of drug-likeness (QED) is 0.446. The van der Waals surface area contributed by atoms with E-state index >= 15 is 0 Å². The molecular weight excluding hydrogens is 428 g/mol.